The minimum atomic E-state index is -0.546. The highest BCUT2D eigenvalue weighted by molar-refractivity contribution is 5.70. The van der Waals surface area contributed by atoms with E-state index in [4.69, 9.17) is 14.2 Å². The molecule has 0 saturated carbocycles. The maximum Gasteiger partial charge on any atom is 0.306 e. The first kappa shape index (κ1) is 51.6. The lowest BCUT2D eigenvalue weighted by atomic mass is 10.1. The van der Waals surface area contributed by atoms with E-state index in [2.05, 4.69) is 81.5 Å². The molecule has 0 fully saturated rings. The van der Waals surface area contributed by atoms with Crippen LogP contribution in [0.1, 0.15) is 213 Å². The zero-order chi connectivity index (χ0) is 39.3. The number of carbonyl (C=O) groups excluding carboxylic acids is 2. The first-order chi connectivity index (χ1) is 26.6. The number of rotatable bonds is 41. The summed E-state index contributed by atoms with van der Waals surface area (Å²) >= 11 is 0. The van der Waals surface area contributed by atoms with Crippen LogP contribution < -0.4 is 0 Å². The molecule has 0 aromatic carbocycles. The first-order valence-corrected chi connectivity index (χ1v) is 22.8. The van der Waals surface area contributed by atoms with Crippen LogP contribution in [0, 0.1) is 0 Å². The summed E-state index contributed by atoms with van der Waals surface area (Å²) in [6, 6.07) is 0. The summed E-state index contributed by atoms with van der Waals surface area (Å²) in [5, 5.41) is 0. The van der Waals surface area contributed by atoms with Crippen molar-refractivity contribution in [1.82, 2.24) is 0 Å². The Hall–Kier alpha value is -2.40. The molecule has 0 rings (SSSR count). The second-order valence-corrected chi connectivity index (χ2v) is 14.9. The van der Waals surface area contributed by atoms with Crippen LogP contribution in [0.3, 0.4) is 0 Å². The van der Waals surface area contributed by atoms with Gasteiger partial charge in [0.05, 0.1) is 6.61 Å². The molecule has 0 aromatic rings. The Morgan fingerprint density at radius 1 is 0.426 bits per heavy atom. The van der Waals surface area contributed by atoms with Crippen LogP contribution in [0.25, 0.3) is 0 Å². The van der Waals surface area contributed by atoms with Crippen molar-refractivity contribution in [2.75, 3.05) is 19.8 Å². The Morgan fingerprint density at radius 2 is 0.852 bits per heavy atom. The molecular formula is C49H86O5. The molecule has 1 atom stereocenters. The van der Waals surface area contributed by atoms with E-state index in [1.165, 1.54) is 83.5 Å². The lowest BCUT2D eigenvalue weighted by Gasteiger charge is -2.18. The quantitative estimate of drug-likeness (QED) is 0.0353. The van der Waals surface area contributed by atoms with Gasteiger partial charge in [-0.15, -0.1) is 0 Å². The Bertz CT molecular complexity index is 946. The lowest BCUT2D eigenvalue weighted by Crippen LogP contribution is -2.30. The molecule has 5 nitrogen and oxygen atoms in total. The second-order valence-electron chi connectivity index (χ2n) is 14.9. The van der Waals surface area contributed by atoms with Gasteiger partial charge in [-0.3, -0.25) is 9.59 Å². The number of esters is 2. The van der Waals surface area contributed by atoms with Crippen molar-refractivity contribution in [1.29, 1.82) is 0 Å². The zero-order valence-corrected chi connectivity index (χ0v) is 35.7. The highest BCUT2D eigenvalue weighted by Gasteiger charge is 2.17. The molecule has 0 aliphatic heterocycles. The zero-order valence-electron chi connectivity index (χ0n) is 35.7. The van der Waals surface area contributed by atoms with E-state index in [0.29, 0.717) is 19.4 Å². The SMILES string of the molecule is CC/C=C\C/C=C\C/C=C\C/C=C\CCCCCCC(=O)OCC(COCCCCCCCCCCCC)OC(=O)CCCCCCC/C=C\CCCC. The maximum absolute atomic E-state index is 12.7. The standard InChI is InChI=1S/C49H86O5/c1-4-7-10-13-16-19-22-23-24-25-26-27-29-30-33-36-39-42-48(50)53-46-47(45-52-44-41-38-35-32-21-18-15-12-9-6-3)54-49(51)43-40-37-34-31-28-20-17-14-11-8-5-2/h7,10,14,16-17,19,23-24,26-27,47H,4-6,8-9,11-13,15,18,20-22,25,28-46H2,1-3H3/b10-7-,17-14-,19-16-,24-23-,27-26-. The largest absolute Gasteiger partial charge is 0.462 e. The molecule has 0 heterocycles. The fraction of sp³-hybridized carbons (Fsp3) is 0.755. The smallest absolute Gasteiger partial charge is 0.306 e. The predicted molar refractivity (Wildman–Crippen MR) is 233 cm³/mol. The topological polar surface area (TPSA) is 61.8 Å². The van der Waals surface area contributed by atoms with Crippen LogP contribution in [-0.2, 0) is 23.8 Å². The minimum Gasteiger partial charge on any atom is -0.462 e. The first-order valence-electron chi connectivity index (χ1n) is 22.8. The fourth-order valence-corrected chi connectivity index (χ4v) is 6.13. The highest BCUT2D eigenvalue weighted by atomic mass is 16.6. The van der Waals surface area contributed by atoms with Crippen LogP contribution in [0.4, 0.5) is 0 Å². The summed E-state index contributed by atoms with van der Waals surface area (Å²) < 4.78 is 17.3. The molecule has 0 bridgehead atoms. The van der Waals surface area contributed by atoms with Crippen molar-refractivity contribution < 1.29 is 23.8 Å². The van der Waals surface area contributed by atoms with E-state index in [-0.39, 0.29) is 25.2 Å². The van der Waals surface area contributed by atoms with Crippen molar-refractivity contribution in [3.63, 3.8) is 0 Å². The molecule has 54 heavy (non-hydrogen) atoms. The summed E-state index contributed by atoms with van der Waals surface area (Å²) in [7, 11) is 0. The second kappa shape index (κ2) is 45.0. The van der Waals surface area contributed by atoms with Gasteiger partial charge in [0.2, 0.25) is 0 Å². The third kappa shape index (κ3) is 42.3. The van der Waals surface area contributed by atoms with Crippen LogP contribution in [-0.4, -0.2) is 37.9 Å². The van der Waals surface area contributed by atoms with Gasteiger partial charge in [0.1, 0.15) is 6.61 Å². The third-order valence-corrected chi connectivity index (χ3v) is 9.54. The highest BCUT2D eigenvalue weighted by Crippen LogP contribution is 2.13. The molecule has 0 N–H and O–H groups in total. The summed E-state index contributed by atoms with van der Waals surface area (Å²) in [4.78, 5) is 25.2. The normalized spacial score (nSPS) is 12.7. The number of ether oxygens (including phenoxy) is 3. The van der Waals surface area contributed by atoms with Crippen molar-refractivity contribution in [2.45, 2.75) is 219 Å². The van der Waals surface area contributed by atoms with Crippen LogP contribution >= 0.6 is 0 Å². The van der Waals surface area contributed by atoms with Gasteiger partial charge in [-0.25, -0.2) is 0 Å². The number of unbranched alkanes of at least 4 members (excludes halogenated alkanes) is 20. The van der Waals surface area contributed by atoms with Gasteiger partial charge < -0.3 is 14.2 Å². The molecule has 312 valence electrons. The molecule has 0 saturated heterocycles. The monoisotopic (exact) mass is 755 g/mol. The predicted octanol–water partition coefficient (Wildman–Crippen LogP) is 15.0. The number of hydrogen-bond acceptors (Lipinski definition) is 5. The number of carbonyl (C=O) groups is 2. The van der Waals surface area contributed by atoms with E-state index in [1.807, 2.05) is 0 Å². The van der Waals surface area contributed by atoms with Crippen LogP contribution in [0.5, 0.6) is 0 Å². The lowest BCUT2D eigenvalue weighted by molar-refractivity contribution is -0.163. The van der Waals surface area contributed by atoms with Crippen molar-refractivity contribution in [3.05, 3.63) is 60.8 Å². The van der Waals surface area contributed by atoms with E-state index in [1.54, 1.807) is 0 Å². The number of hydrogen-bond donors (Lipinski definition) is 0. The van der Waals surface area contributed by atoms with E-state index < -0.39 is 6.10 Å². The average Bonchev–Trinajstić information content (AvgIpc) is 3.17. The Kier molecular flexibility index (Phi) is 43.0. The van der Waals surface area contributed by atoms with Gasteiger partial charge in [0, 0.05) is 19.4 Å². The van der Waals surface area contributed by atoms with Gasteiger partial charge in [-0.1, -0.05) is 184 Å². The molecule has 0 amide bonds. The van der Waals surface area contributed by atoms with Crippen molar-refractivity contribution in [2.24, 2.45) is 0 Å². The Balaban J connectivity index is 4.27. The van der Waals surface area contributed by atoms with Gasteiger partial charge in [-0.2, -0.15) is 0 Å². The van der Waals surface area contributed by atoms with Crippen LogP contribution in [0.15, 0.2) is 60.8 Å². The number of allylic oxidation sites excluding steroid dienone is 10. The summed E-state index contributed by atoms with van der Waals surface area (Å²) in [5.41, 5.74) is 0. The van der Waals surface area contributed by atoms with Gasteiger partial charge >= 0.3 is 11.9 Å². The van der Waals surface area contributed by atoms with Gasteiger partial charge in [0.15, 0.2) is 6.10 Å². The summed E-state index contributed by atoms with van der Waals surface area (Å²) in [6.45, 7) is 7.64. The van der Waals surface area contributed by atoms with Crippen LogP contribution in [0.2, 0.25) is 0 Å². The Morgan fingerprint density at radius 3 is 1.41 bits per heavy atom. The molecule has 0 radical (unpaired) electrons. The van der Waals surface area contributed by atoms with E-state index in [0.717, 1.165) is 96.3 Å². The minimum absolute atomic E-state index is 0.0697. The molecular weight excluding hydrogens is 669 g/mol. The maximum atomic E-state index is 12.7. The third-order valence-electron chi connectivity index (χ3n) is 9.54. The van der Waals surface area contributed by atoms with Gasteiger partial charge in [-0.05, 0) is 77.0 Å². The van der Waals surface area contributed by atoms with Gasteiger partial charge in [0.25, 0.3) is 0 Å². The average molecular weight is 755 g/mol. The molecule has 0 aliphatic rings. The molecule has 5 heteroatoms. The Labute approximate surface area is 334 Å². The molecule has 1 unspecified atom stereocenters. The fourth-order valence-electron chi connectivity index (χ4n) is 6.13. The summed E-state index contributed by atoms with van der Waals surface area (Å²) in [5.74, 6) is -0.435. The van der Waals surface area contributed by atoms with E-state index in [9.17, 15) is 9.59 Å². The molecule has 0 spiro atoms. The van der Waals surface area contributed by atoms with Crippen molar-refractivity contribution >= 4 is 11.9 Å². The summed E-state index contributed by atoms with van der Waals surface area (Å²) in [6.07, 6.45) is 55.0. The molecule has 0 aromatic heterocycles. The van der Waals surface area contributed by atoms with Crippen molar-refractivity contribution in [3.8, 4) is 0 Å². The molecule has 0 aliphatic carbocycles. The van der Waals surface area contributed by atoms with E-state index >= 15 is 0 Å².